The molecule has 0 aliphatic carbocycles. The Morgan fingerprint density at radius 3 is 2.58 bits per heavy atom. The summed E-state index contributed by atoms with van der Waals surface area (Å²) < 4.78 is 1.80. The molecule has 0 aliphatic rings. The van der Waals surface area contributed by atoms with Gasteiger partial charge < -0.3 is 4.57 Å². The number of imidazole rings is 1. The van der Waals surface area contributed by atoms with Crippen LogP contribution in [0.2, 0.25) is 10.0 Å². The summed E-state index contributed by atoms with van der Waals surface area (Å²) in [7, 11) is 0. The monoisotopic (exact) mass is 354 g/mol. The standard InChI is InChI=1S/C18H12Cl2N4/c19-15-7-5-13(6-8-15)10-22-18-17(9-21)23-12-24(18)11-14-3-1-2-4-16(14)20/h1-8,10,12H,11H2. The van der Waals surface area contributed by atoms with Gasteiger partial charge in [-0.1, -0.05) is 53.5 Å². The number of aliphatic imine (C=N–C) groups is 1. The Balaban J connectivity index is 1.92. The topological polar surface area (TPSA) is 54.0 Å². The van der Waals surface area contributed by atoms with E-state index in [1.54, 1.807) is 29.2 Å². The summed E-state index contributed by atoms with van der Waals surface area (Å²) in [5.41, 5.74) is 2.09. The molecule has 118 valence electrons. The lowest BCUT2D eigenvalue weighted by Gasteiger charge is -2.07. The van der Waals surface area contributed by atoms with E-state index in [1.807, 2.05) is 36.4 Å². The second-order valence-electron chi connectivity index (χ2n) is 5.06. The minimum Gasteiger partial charge on any atom is -0.310 e. The molecule has 0 atom stereocenters. The van der Waals surface area contributed by atoms with Crippen molar-refractivity contribution >= 4 is 35.2 Å². The Hall–Kier alpha value is -2.61. The molecular weight excluding hydrogens is 343 g/mol. The van der Waals surface area contributed by atoms with Gasteiger partial charge in [0, 0.05) is 16.3 Å². The summed E-state index contributed by atoms with van der Waals surface area (Å²) >= 11 is 12.1. The van der Waals surface area contributed by atoms with Gasteiger partial charge in [-0.15, -0.1) is 0 Å². The minimum absolute atomic E-state index is 0.271. The van der Waals surface area contributed by atoms with Gasteiger partial charge in [-0.25, -0.2) is 9.98 Å². The van der Waals surface area contributed by atoms with Gasteiger partial charge in [-0.05, 0) is 29.3 Å². The van der Waals surface area contributed by atoms with Crippen LogP contribution >= 0.6 is 23.2 Å². The fourth-order valence-electron chi connectivity index (χ4n) is 2.20. The zero-order valence-electron chi connectivity index (χ0n) is 12.5. The van der Waals surface area contributed by atoms with E-state index in [4.69, 9.17) is 23.2 Å². The van der Waals surface area contributed by atoms with Crippen LogP contribution < -0.4 is 0 Å². The smallest absolute Gasteiger partial charge is 0.185 e. The third-order valence-corrected chi connectivity index (χ3v) is 4.04. The van der Waals surface area contributed by atoms with Crippen molar-refractivity contribution in [3.8, 4) is 6.07 Å². The van der Waals surface area contributed by atoms with Gasteiger partial charge in [0.25, 0.3) is 0 Å². The first-order chi connectivity index (χ1) is 11.7. The van der Waals surface area contributed by atoms with Gasteiger partial charge in [-0.3, -0.25) is 0 Å². The Morgan fingerprint density at radius 1 is 1.12 bits per heavy atom. The first-order valence-corrected chi connectivity index (χ1v) is 7.91. The molecule has 0 aliphatic heterocycles. The number of hydrogen-bond donors (Lipinski definition) is 0. The van der Waals surface area contributed by atoms with Crippen LogP contribution in [0.5, 0.6) is 0 Å². The third-order valence-electron chi connectivity index (χ3n) is 3.42. The average Bonchev–Trinajstić information content (AvgIpc) is 2.98. The fourth-order valence-corrected chi connectivity index (χ4v) is 2.52. The van der Waals surface area contributed by atoms with Crippen LogP contribution in [0.4, 0.5) is 5.82 Å². The second-order valence-corrected chi connectivity index (χ2v) is 5.90. The van der Waals surface area contributed by atoms with Crippen molar-refractivity contribution in [2.24, 2.45) is 4.99 Å². The summed E-state index contributed by atoms with van der Waals surface area (Å²) in [5, 5.41) is 10.6. The van der Waals surface area contributed by atoms with E-state index in [9.17, 15) is 5.26 Å². The molecule has 6 heteroatoms. The highest BCUT2D eigenvalue weighted by atomic mass is 35.5. The first-order valence-electron chi connectivity index (χ1n) is 7.15. The third kappa shape index (κ3) is 3.65. The summed E-state index contributed by atoms with van der Waals surface area (Å²) in [6, 6.07) is 16.9. The van der Waals surface area contributed by atoms with E-state index in [0.29, 0.717) is 22.4 Å². The molecule has 0 N–H and O–H groups in total. The zero-order chi connectivity index (χ0) is 16.9. The number of aromatic nitrogens is 2. The highest BCUT2D eigenvalue weighted by molar-refractivity contribution is 6.31. The Labute approximate surface area is 149 Å². The molecule has 0 unspecified atom stereocenters. The van der Waals surface area contributed by atoms with Crippen molar-refractivity contribution in [3.63, 3.8) is 0 Å². The molecule has 0 fully saturated rings. The van der Waals surface area contributed by atoms with Crippen LogP contribution in [-0.2, 0) is 6.54 Å². The molecule has 24 heavy (non-hydrogen) atoms. The predicted molar refractivity (Wildman–Crippen MR) is 96.2 cm³/mol. The van der Waals surface area contributed by atoms with Crippen LogP contribution in [0.1, 0.15) is 16.8 Å². The summed E-state index contributed by atoms with van der Waals surface area (Å²) in [6.07, 6.45) is 3.27. The van der Waals surface area contributed by atoms with E-state index < -0.39 is 0 Å². The first kappa shape index (κ1) is 16.3. The maximum atomic E-state index is 9.24. The maximum absolute atomic E-state index is 9.24. The molecule has 0 spiro atoms. The normalized spacial score (nSPS) is 10.9. The second kappa shape index (κ2) is 7.31. The van der Waals surface area contributed by atoms with Crippen LogP contribution in [0.15, 0.2) is 59.9 Å². The molecule has 2 aromatic carbocycles. The van der Waals surface area contributed by atoms with Crippen molar-refractivity contribution in [1.82, 2.24) is 9.55 Å². The summed E-state index contributed by atoms with van der Waals surface area (Å²) in [4.78, 5) is 8.54. The molecule has 1 aromatic heterocycles. The van der Waals surface area contributed by atoms with Crippen molar-refractivity contribution in [3.05, 3.63) is 81.7 Å². The lowest BCUT2D eigenvalue weighted by Crippen LogP contribution is -1.99. The van der Waals surface area contributed by atoms with Gasteiger partial charge in [-0.2, -0.15) is 5.26 Å². The van der Waals surface area contributed by atoms with Crippen molar-refractivity contribution < 1.29 is 0 Å². The maximum Gasteiger partial charge on any atom is 0.185 e. The minimum atomic E-state index is 0.271. The number of nitrogens with zero attached hydrogens (tertiary/aromatic N) is 4. The number of rotatable bonds is 4. The molecule has 0 bridgehead atoms. The van der Waals surface area contributed by atoms with Crippen molar-refractivity contribution in [1.29, 1.82) is 5.26 Å². The Morgan fingerprint density at radius 2 is 1.88 bits per heavy atom. The number of halogens is 2. The fraction of sp³-hybridized carbons (Fsp3) is 0.0556. The van der Waals surface area contributed by atoms with E-state index in [1.165, 1.54) is 0 Å². The summed E-state index contributed by atoms with van der Waals surface area (Å²) in [6.45, 7) is 0.488. The number of hydrogen-bond acceptors (Lipinski definition) is 3. The van der Waals surface area contributed by atoms with Gasteiger partial charge in [0.15, 0.2) is 11.5 Å². The lowest BCUT2D eigenvalue weighted by molar-refractivity contribution is 0.800. The zero-order valence-corrected chi connectivity index (χ0v) is 14.0. The number of nitriles is 1. The molecule has 0 radical (unpaired) electrons. The Kier molecular flexibility index (Phi) is 4.95. The SMILES string of the molecule is N#Cc1ncn(Cc2ccccc2Cl)c1N=Cc1ccc(Cl)cc1. The van der Waals surface area contributed by atoms with Crippen molar-refractivity contribution in [2.45, 2.75) is 6.54 Å². The molecule has 1 heterocycles. The highest BCUT2D eigenvalue weighted by Gasteiger charge is 2.11. The van der Waals surface area contributed by atoms with Crippen LogP contribution in [0, 0.1) is 11.3 Å². The molecule has 4 nitrogen and oxygen atoms in total. The lowest BCUT2D eigenvalue weighted by atomic mass is 10.2. The van der Waals surface area contributed by atoms with Crippen LogP contribution in [0.25, 0.3) is 0 Å². The van der Waals surface area contributed by atoms with Crippen molar-refractivity contribution in [2.75, 3.05) is 0 Å². The molecule has 0 saturated carbocycles. The average molecular weight is 355 g/mol. The largest absolute Gasteiger partial charge is 0.310 e. The van der Waals surface area contributed by atoms with E-state index >= 15 is 0 Å². The van der Waals surface area contributed by atoms with Gasteiger partial charge >= 0.3 is 0 Å². The molecular formula is C18H12Cl2N4. The van der Waals surface area contributed by atoms with E-state index in [-0.39, 0.29) is 5.69 Å². The Bertz CT molecular complexity index is 921. The molecule has 3 rings (SSSR count). The van der Waals surface area contributed by atoms with Gasteiger partial charge in [0.05, 0.1) is 12.9 Å². The molecule has 0 amide bonds. The van der Waals surface area contributed by atoms with E-state index in [2.05, 4.69) is 16.0 Å². The van der Waals surface area contributed by atoms with Crippen LogP contribution in [0.3, 0.4) is 0 Å². The van der Waals surface area contributed by atoms with Gasteiger partial charge in [0.2, 0.25) is 0 Å². The number of benzene rings is 2. The quantitative estimate of drug-likeness (QED) is 0.628. The van der Waals surface area contributed by atoms with Crippen LogP contribution in [-0.4, -0.2) is 15.8 Å². The molecule has 3 aromatic rings. The summed E-state index contributed by atoms with van der Waals surface area (Å²) in [5.74, 6) is 0.493. The molecule has 0 saturated heterocycles. The van der Waals surface area contributed by atoms with Gasteiger partial charge in [0.1, 0.15) is 6.07 Å². The van der Waals surface area contributed by atoms with E-state index in [0.717, 1.165) is 11.1 Å². The highest BCUT2D eigenvalue weighted by Crippen LogP contribution is 2.22. The predicted octanol–water partition coefficient (Wildman–Crippen LogP) is 4.86.